The molecule has 5 nitrogen and oxygen atoms in total. The standard InChI is InChI=1S/C14H19NO4S/c1-14(7-8-20(17,18)10-14)15-9-11-5-3-4-6-12(11)13(16)19-2/h3-6,15H,7-10H2,1-2H3. The summed E-state index contributed by atoms with van der Waals surface area (Å²) in [7, 11) is -1.60. The highest BCUT2D eigenvalue weighted by molar-refractivity contribution is 7.91. The maximum atomic E-state index is 11.7. The van der Waals surface area contributed by atoms with Crippen molar-refractivity contribution in [3.05, 3.63) is 35.4 Å². The molecule has 0 amide bonds. The van der Waals surface area contributed by atoms with Gasteiger partial charge in [0.2, 0.25) is 0 Å². The molecule has 110 valence electrons. The van der Waals surface area contributed by atoms with Gasteiger partial charge in [0.05, 0.1) is 24.2 Å². The molecule has 20 heavy (non-hydrogen) atoms. The minimum absolute atomic E-state index is 0.139. The Morgan fingerprint density at radius 1 is 1.40 bits per heavy atom. The Kier molecular flexibility index (Phi) is 4.15. The Morgan fingerprint density at radius 2 is 2.10 bits per heavy atom. The molecule has 0 radical (unpaired) electrons. The summed E-state index contributed by atoms with van der Waals surface area (Å²) in [4.78, 5) is 11.7. The van der Waals surface area contributed by atoms with Crippen LogP contribution in [-0.4, -0.2) is 38.5 Å². The molecule has 0 spiro atoms. The number of hydrogen-bond donors (Lipinski definition) is 1. The molecule has 1 aliphatic heterocycles. The lowest BCUT2D eigenvalue weighted by molar-refractivity contribution is 0.0599. The molecule has 1 N–H and O–H groups in total. The van der Waals surface area contributed by atoms with Gasteiger partial charge in [-0.1, -0.05) is 18.2 Å². The monoisotopic (exact) mass is 297 g/mol. The zero-order chi connectivity index (χ0) is 14.8. The van der Waals surface area contributed by atoms with Gasteiger partial charge in [-0.2, -0.15) is 0 Å². The molecular formula is C14H19NO4S. The Balaban J connectivity index is 2.10. The third-order valence-corrected chi connectivity index (χ3v) is 5.53. The normalized spacial score (nSPS) is 24.5. The van der Waals surface area contributed by atoms with E-state index in [-0.39, 0.29) is 17.5 Å². The van der Waals surface area contributed by atoms with Gasteiger partial charge in [0.25, 0.3) is 0 Å². The van der Waals surface area contributed by atoms with Gasteiger partial charge in [0, 0.05) is 12.1 Å². The Hall–Kier alpha value is -1.40. The molecule has 0 aromatic heterocycles. The lowest BCUT2D eigenvalue weighted by Gasteiger charge is -2.24. The van der Waals surface area contributed by atoms with E-state index in [0.29, 0.717) is 18.5 Å². The van der Waals surface area contributed by atoms with Crippen LogP contribution in [0.4, 0.5) is 0 Å². The number of ether oxygens (including phenoxy) is 1. The first-order chi connectivity index (χ1) is 9.35. The van der Waals surface area contributed by atoms with Crippen molar-refractivity contribution in [1.29, 1.82) is 0 Å². The predicted octanol–water partition coefficient (Wildman–Crippen LogP) is 1.14. The highest BCUT2D eigenvalue weighted by atomic mass is 32.2. The molecule has 1 aromatic rings. The van der Waals surface area contributed by atoms with Crippen molar-refractivity contribution in [3.63, 3.8) is 0 Å². The van der Waals surface area contributed by atoms with E-state index in [9.17, 15) is 13.2 Å². The number of methoxy groups -OCH3 is 1. The summed E-state index contributed by atoms with van der Waals surface area (Å²) in [5.41, 5.74) is 0.888. The SMILES string of the molecule is COC(=O)c1ccccc1CNC1(C)CCS(=O)(=O)C1. The number of carbonyl (C=O) groups excluding carboxylic acids is 1. The summed E-state index contributed by atoms with van der Waals surface area (Å²) < 4.78 is 27.9. The molecule has 1 heterocycles. The topological polar surface area (TPSA) is 72.5 Å². The Morgan fingerprint density at radius 3 is 2.70 bits per heavy atom. The van der Waals surface area contributed by atoms with Gasteiger partial charge in [0.15, 0.2) is 9.84 Å². The first-order valence-corrected chi connectivity index (χ1v) is 8.29. The van der Waals surface area contributed by atoms with Crippen molar-refractivity contribution in [2.75, 3.05) is 18.6 Å². The fourth-order valence-electron chi connectivity index (χ4n) is 2.44. The highest BCUT2D eigenvalue weighted by Gasteiger charge is 2.37. The number of nitrogens with one attached hydrogen (secondary N) is 1. The fraction of sp³-hybridized carbons (Fsp3) is 0.500. The van der Waals surface area contributed by atoms with E-state index >= 15 is 0 Å². The zero-order valence-electron chi connectivity index (χ0n) is 11.7. The van der Waals surface area contributed by atoms with Crippen molar-refractivity contribution in [2.45, 2.75) is 25.4 Å². The summed E-state index contributed by atoms with van der Waals surface area (Å²) in [5, 5.41) is 3.26. The second kappa shape index (κ2) is 5.54. The maximum Gasteiger partial charge on any atom is 0.338 e. The van der Waals surface area contributed by atoms with Crippen LogP contribution < -0.4 is 5.32 Å². The largest absolute Gasteiger partial charge is 0.465 e. The van der Waals surface area contributed by atoms with Crippen LogP contribution in [0.25, 0.3) is 0 Å². The van der Waals surface area contributed by atoms with Crippen LogP contribution in [0, 0.1) is 0 Å². The van der Waals surface area contributed by atoms with Gasteiger partial charge in [-0.25, -0.2) is 13.2 Å². The summed E-state index contributed by atoms with van der Waals surface area (Å²) in [6.07, 6.45) is 0.593. The average Bonchev–Trinajstić information content (AvgIpc) is 2.70. The Labute approximate surface area is 119 Å². The van der Waals surface area contributed by atoms with Crippen molar-refractivity contribution >= 4 is 15.8 Å². The summed E-state index contributed by atoms with van der Waals surface area (Å²) in [6.45, 7) is 2.34. The molecule has 1 unspecified atom stereocenters. The molecule has 2 rings (SSSR count). The van der Waals surface area contributed by atoms with Gasteiger partial charge >= 0.3 is 5.97 Å². The lowest BCUT2D eigenvalue weighted by Crippen LogP contribution is -2.43. The first kappa shape index (κ1) is 15.0. The second-order valence-electron chi connectivity index (χ2n) is 5.40. The molecule has 1 aliphatic rings. The third kappa shape index (κ3) is 3.37. The van der Waals surface area contributed by atoms with Crippen LogP contribution in [0.2, 0.25) is 0 Å². The highest BCUT2D eigenvalue weighted by Crippen LogP contribution is 2.23. The molecule has 1 aromatic carbocycles. The number of carbonyl (C=O) groups is 1. The zero-order valence-corrected chi connectivity index (χ0v) is 12.5. The quantitative estimate of drug-likeness (QED) is 0.844. The summed E-state index contributed by atoms with van der Waals surface area (Å²) in [5.74, 6) is -0.0261. The fourth-order valence-corrected chi connectivity index (χ4v) is 4.57. The number of esters is 1. The van der Waals surface area contributed by atoms with Crippen molar-refractivity contribution in [2.24, 2.45) is 0 Å². The predicted molar refractivity (Wildman–Crippen MR) is 76.3 cm³/mol. The maximum absolute atomic E-state index is 11.7. The van der Waals surface area contributed by atoms with Crippen molar-refractivity contribution < 1.29 is 17.9 Å². The third-order valence-electron chi connectivity index (χ3n) is 3.63. The van der Waals surface area contributed by atoms with Crippen molar-refractivity contribution in [1.82, 2.24) is 5.32 Å². The summed E-state index contributed by atoms with van der Waals surface area (Å²) >= 11 is 0. The molecule has 6 heteroatoms. The molecule has 0 bridgehead atoms. The average molecular weight is 297 g/mol. The number of hydrogen-bond acceptors (Lipinski definition) is 5. The van der Waals surface area contributed by atoms with E-state index in [1.165, 1.54) is 7.11 Å². The minimum Gasteiger partial charge on any atom is -0.465 e. The Bertz CT molecular complexity index is 611. The molecular weight excluding hydrogens is 278 g/mol. The van der Waals surface area contributed by atoms with E-state index in [0.717, 1.165) is 5.56 Å². The van der Waals surface area contributed by atoms with Gasteiger partial charge in [-0.05, 0) is 25.0 Å². The van der Waals surface area contributed by atoms with Gasteiger partial charge in [-0.15, -0.1) is 0 Å². The van der Waals surface area contributed by atoms with E-state index in [2.05, 4.69) is 5.32 Å². The number of rotatable bonds is 4. The van der Waals surface area contributed by atoms with Crippen LogP contribution in [0.15, 0.2) is 24.3 Å². The number of benzene rings is 1. The smallest absolute Gasteiger partial charge is 0.338 e. The summed E-state index contributed by atoms with van der Waals surface area (Å²) in [6, 6.07) is 7.16. The molecule has 1 fully saturated rings. The van der Waals surface area contributed by atoms with E-state index in [1.807, 2.05) is 19.1 Å². The van der Waals surface area contributed by atoms with E-state index in [1.54, 1.807) is 12.1 Å². The first-order valence-electron chi connectivity index (χ1n) is 6.47. The van der Waals surface area contributed by atoms with Crippen LogP contribution >= 0.6 is 0 Å². The van der Waals surface area contributed by atoms with Gasteiger partial charge < -0.3 is 10.1 Å². The van der Waals surface area contributed by atoms with E-state index in [4.69, 9.17) is 4.74 Å². The van der Waals surface area contributed by atoms with Crippen molar-refractivity contribution in [3.8, 4) is 0 Å². The molecule has 1 saturated heterocycles. The van der Waals surface area contributed by atoms with Gasteiger partial charge in [-0.3, -0.25) is 0 Å². The molecule has 0 aliphatic carbocycles. The van der Waals surface area contributed by atoms with Crippen LogP contribution in [0.5, 0.6) is 0 Å². The van der Waals surface area contributed by atoms with E-state index < -0.39 is 15.4 Å². The molecule has 1 atom stereocenters. The van der Waals surface area contributed by atoms with Crippen LogP contribution in [-0.2, 0) is 21.1 Å². The number of sulfone groups is 1. The van der Waals surface area contributed by atoms with Crippen LogP contribution in [0.1, 0.15) is 29.3 Å². The lowest BCUT2D eigenvalue weighted by atomic mass is 10.0. The second-order valence-corrected chi connectivity index (χ2v) is 7.59. The van der Waals surface area contributed by atoms with Gasteiger partial charge in [0.1, 0.15) is 0 Å². The molecule has 0 saturated carbocycles. The van der Waals surface area contributed by atoms with Crippen LogP contribution in [0.3, 0.4) is 0 Å². The minimum atomic E-state index is -2.94.